The first-order valence-electron chi connectivity index (χ1n) is 7.48. The molecule has 6 heteroatoms. The number of carbonyl (C=O) groups excluding carboxylic acids is 1. The number of benzene rings is 1. The molecular formula is C16H23ClN2O3. The number of ether oxygens (including phenoxy) is 2. The second kappa shape index (κ2) is 8.36. The summed E-state index contributed by atoms with van der Waals surface area (Å²) in [5.41, 5.74) is 0.991. The molecule has 1 heterocycles. The minimum absolute atomic E-state index is 0.0504. The average Bonchev–Trinajstić information content (AvgIpc) is 2.56. The minimum atomic E-state index is -0.183. The SMILES string of the molecule is COC1CCN(C(=O)NCC(OC)c2ccc(Cl)cc2)CC1. The smallest absolute Gasteiger partial charge is 0.317 e. The van der Waals surface area contributed by atoms with E-state index in [9.17, 15) is 4.79 Å². The van der Waals surface area contributed by atoms with E-state index in [0.29, 0.717) is 11.6 Å². The second-order valence-electron chi connectivity index (χ2n) is 5.38. The van der Waals surface area contributed by atoms with E-state index in [-0.39, 0.29) is 18.2 Å². The van der Waals surface area contributed by atoms with E-state index in [2.05, 4.69) is 5.32 Å². The molecule has 2 amide bonds. The van der Waals surface area contributed by atoms with E-state index in [1.807, 2.05) is 29.2 Å². The van der Waals surface area contributed by atoms with Gasteiger partial charge in [-0.25, -0.2) is 4.79 Å². The highest BCUT2D eigenvalue weighted by Crippen LogP contribution is 2.19. The lowest BCUT2D eigenvalue weighted by Crippen LogP contribution is -2.46. The summed E-state index contributed by atoms with van der Waals surface area (Å²) in [6.45, 7) is 1.88. The van der Waals surface area contributed by atoms with Gasteiger partial charge in [0.2, 0.25) is 0 Å². The number of amides is 2. The largest absolute Gasteiger partial charge is 0.381 e. The van der Waals surface area contributed by atoms with Crippen molar-refractivity contribution >= 4 is 17.6 Å². The molecule has 1 aromatic carbocycles. The Hall–Kier alpha value is -1.30. The maximum absolute atomic E-state index is 12.2. The Bertz CT molecular complexity index is 473. The van der Waals surface area contributed by atoms with E-state index >= 15 is 0 Å². The van der Waals surface area contributed by atoms with E-state index in [1.165, 1.54) is 0 Å². The molecule has 1 N–H and O–H groups in total. The lowest BCUT2D eigenvalue weighted by atomic mass is 10.1. The van der Waals surface area contributed by atoms with Crippen molar-refractivity contribution in [1.82, 2.24) is 10.2 Å². The van der Waals surface area contributed by atoms with Gasteiger partial charge < -0.3 is 19.7 Å². The maximum atomic E-state index is 12.2. The average molecular weight is 327 g/mol. The van der Waals surface area contributed by atoms with Gasteiger partial charge in [0.25, 0.3) is 0 Å². The van der Waals surface area contributed by atoms with Gasteiger partial charge in [0.15, 0.2) is 0 Å². The zero-order valence-corrected chi connectivity index (χ0v) is 13.8. The van der Waals surface area contributed by atoms with E-state index < -0.39 is 0 Å². The van der Waals surface area contributed by atoms with Crippen LogP contribution in [0.2, 0.25) is 5.02 Å². The number of rotatable bonds is 5. The van der Waals surface area contributed by atoms with Crippen molar-refractivity contribution < 1.29 is 14.3 Å². The molecule has 0 bridgehead atoms. The van der Waals surface area contributed by atoms with Crippen molar-refractivity contribution in [2.45, 2.75) is 25.0 Å². The van der Waals surface area contributed by atoms with Crippen molar-refractivity contribution in [2.75, 3.05) is 33.9 Å². The number of halogens is 1. The molecule has 1 aliphatic heterocycles. The Morgan fingerprint density at radius 1 is 1.32 bits per heavy atom. The molecule has 1 atom stereocenters. The van der Waals surface area contributed by atoms with Crippen molar-refractivity contribution in [2.24, 2.45) is 0 Å². The molecule has 1 fully saturated rings. The van der Waals surface area contributed by atoms with Crippen molar-refractivity contribution in [1.29, 1.82) is 0 Å². The fraction of sp³-hybridized carbons (Fsp3) is 0.562. The van der Waals surface area contributed by atoms with Crippen molar-refractivity contribution in [3.63, 3.8) is 0 Å². The standard InChI is InChI=1S/C16H23ClN2O3/c1-21-14-7-9-19(10-8-14)16(20)18-11-15(22-2)12-3-5-13(17)6-4-12/h3-6,14-15H,7-11H2,1-2H3,(H,18,20). The lowest BCUT2D eigenvalue weighted by Gasteiger charge is -2.31. The number of likely N-dealkylation sites (tertiary alicyclic amines) is 1. The number of nitrogens with zero attached hydrogens (tertiary/aromatic N) is 1. The van der Waals surface area contributed by atoms with Gasteiger partial charge in [-0.05, 0) is 30.5 Å². The van der Waals surface area contributed by atoms with Gasteiger partial charge in [0, 0.05) is 38.9 Å². The van der Waals surface area contributed by atoms with Crippen LogP contribution in [-0.2, 0) is 9.47 Å². The van der Waals surface area contributed by atoms with E-state index in [0.717, 1.165) is 31.5 Å². The Labute approximate surface area is 136 Å². The van der Waals surface area contributed by atoms with Crippen LogP contribution < -0.4 is 5.32 Å². The first kappa shape index (κ1) is 17.1. The Morgan fingerprint density at radius 3 is 2.50 bits per heavy atom. The molecule has 0 saturated carbocycles. The monoisotopic (exact) mass is 326 g/mol. The number of methoxy groups -OCH3 is 2. The molecule has 22 heavy (non-hydrogen) atoms. The van der Waals surface area contributed by atoms with Gasteiger partial charge >= 0.3 is 6.03 Å². The number of hydrogen-bond donors (Lipinski definition) is 1. The molecule has 1 aliphatic rings. The molecule has 122 valence electrons. The highest BCUT2D eigenvalue weighted by molar-refractivity contribution is 6.30. The number of urea groups is 1. The van der Waals surface area contributed by atoms with Gasteiger partial charge in [-0.3, -0.25) is 0 Å². The quantitative estimate of drug-likeness (QED) is 0.905. The van der Waals surface area contributed by atoms with E-state index in [1.54, 1.807) is 14.2 Å². The van der Waals surface area contributed by atoms with Gasteiger partial charge in [0.05, 0.1) is 12.2 Å². The molecule has 1 aromatic rings. The minimum Gasteiger partial charge on any atom is -0.381 e. The van der Waals surface area contributed by atoms with Crippen molar-refractivity contribution in [3.8, 4) is 0 Å². The molecule has 0 aliphatic carbocycles. The molecular weight excluding hydrogens is 304 g/mol. The highest BCUT2D eigenvalue weighted by atomic mass is 35.5. The summed E-state index contributed by atoms with van der Waals surface area (Å²) in [4.78, 5) is 14.0. The summed E-state index contributed by atoms with van der Waals surface area (Å²) in [7, 11) is 3.35. The number of hydrogen-bond acceptors (Lipinski definition) is 3. The third kappa shape index (κ3) is 4.60. The fourth-order valence-corrected chi connectivity index (χ4v) is 2.73. The summed E-state index contributed by atoms with van der Waals surface area (Å²) in [6.07, 6.45) is 1.85. The Morgan fingerprint density at radius 2 is 1.95 bits per heavy atom. The third-order valence-corrected chi connectivity index (χ3v) is 4.28. The lowest BCUT2D eigenvalue weighted by molar-refractivity contribution is 0.0490. The van der Waals surface area contributed by atoms with Gasteiger partial charge in [-0.1, -0.05) is 23.7 Å². The predicted octanol–water partition coefficient (Wildman–Crippen LogP) is 2.85. The van der Waals surface area contributed by atoms with Crippen LogP contribution in [0, 0.1) is 0 Å². The van der Waals surface area contributed by atoms with Gasteiger partial charge in [-0.2, -0.15) is 0 Å². The first-order chi connectivity index (χ1) is 10.6. The zero-order valence-electron chi connectivity index (χ0n) is 13.0. The maximum Gasteiger partial charge on any atom is 0.317 e. The molecule has 1 saturated heterocycles. The van der Waals surface area contributed by atoms with Crippen LogP contribution >= 0.6 is 11.6 Å². The summed E-state index contributed by atoms with van der Waals surface area (Å²) >= 11 is 5.88. The number of carbonyl (C=O) groups is 1. The summed E-state index contributed by atoms with van der Waals surface area (Å²) in [6, 6.07) is 7.41. The molecule has 1 unspecified atom stereocenters. The number of nitrogens with one attached hydrogen (secondary N) is 1. The highest BCUT2D eigenvalue weighted by Gasteiger charge is 2.23. The fourth-order valence-electron chi connectivity index (χ4n) is 2.60. The van der Waals surface area contributed by atoms with Crippen LogP contribution in [0.1, 0.15) is 24.5 Å². The summed E-state index contributed by atoms with van der Waals surface area (Å²) in [5, 5.41) is 3.62. The second-order valence-corrected chi connectivity index (χ2v) is 5.82. The van der Waals surface area contributed by atoms with E-state index in [4.69, 9.17) is 21.1 Å². The Kier molecular flexibility index (Phi) is 6.49. The van der Waals surface area contributed by atoms with Crippen LogP contribution in [-0.4, -0.2) is 50.9 Å². The van der Waals surface area contributed by atoms with Gasteiger partial charge in [0.1, 0.15) is 0 Å². The molecule has 0 radical (unpaired) electrons. The van der Waals surface area contributed by atoms with Crippen molar-refractivity contribution in [3.05, 3.63) is 34.9 Å². The van der Waals surface area contributed by atoms with Crippen LogP contribution in [0.4, 0.5) is 4.79 Å². The van der Waals surface area contributed by atoms with Gasteiger partial charge in [-0.15, -0.1) is 0 Å². The predicted molar refractivity (Wildman–Crippen MR) is 86.2 cm³/mol. The number of piperidine rings is 1. The first-order valence-corrected chi connectivity index (χ1v) is 7.85. The molecule has 0 spiro atoms. The topological polar surface area (TPSA) is 50.8 Å². The van der Waals surface area contributed by atoms with Crippen LogP contribution in [0.25, 0.3) is 0 Å². The Balaban J connectivity index is 1.83. The molecule has 0 aromatic heterocycles. The third-order valence-electron chi connectivity index (χ3n) is 4.03. The van der Waals surface area contributed by atoms with Crippen LogP contribution in [0.5, 0.6) is 0 Å². The molecule has 5 nitrogen and oxygen atoms in total. The summed E-state index contributed by atoms with van der Waals surface area (Å²) in [5.74, 6) is 0. The van der Waals surface area contributed by atoms with Crippen LogP contribution in [0.3, 0.4) is 0 Å². The molecule has 2 rings (SSSR count). The zero-order chi connectivity index (χ0) is 15.9. The van der Waals surface area contributed by atoms with Crippen LogP contribution in [0.15, 0.2) is 24.3 Å². The summed E-state index contributed by atoms with van der Waals surface area (Å²) < 4.78 is 10.8. The normalized spacial score (nSPS) is 17.3.